The second-order valence-corrected chi connectivity index (χ2v) is 5.07. The zero-order valence-electron chi connectivity index (χ0n) is 13.9. The van der Waals surface area contributed by atoms with E-state index in [1.54, 1.807) is 18.3 Å². The summed E-state index contributed by atoms with van der Waals surface area (Å²) in [5.74, 6) is -1.02. The number of nitrogens with one attached hydrogen (secondary N) is 1. The van der Waals surface area contributed by atoms with Gasteiger partial charge in [-0.1, -0.05) is 0 Å². The van der Waals surface area contributed by atoms with Crippen molar-refractivity contribution >= 4 is 34.7 Å². The first-order chi connectivity index (χ1) is 12.9. The number of fused-ring (bicyclic) bond motifs is 1. The van der Waals surface area contributed by atoms with Crippen LogP contribution in [-0.2, 0) is 9.59 Å². The van der Waals surface area contributed by atoms with E-state index in [1.807, 2.05) is 0 Å². The van der Waals surface area contributed by atoms with Gasteiger partial charge in [0.2, 0.25) is 5.91 Å². The Hall–Kier alpha value is -3.93. The first-order valence-electron chi connectivity index (χ1n) is 7.54. The lowest BCUT2D eigenvalue weighted by Gasteiger charge is -1.98. The predicted octanol–water partition coefficient (Wildman–Crippen LogP) is -0.360. The molecule has 4 heterocycles. The average Bonchev–Trinajstić information content (AvgIpc) is 3.27. The maximum atomic E-state index is 10.4. The number of nitrogens with two attached hydrogens (primary N) is 2. The third-order valence-corrected chi connectivity index (χ3v) is 3.22. The van der Waals surface area contributed by atoms with Crippen molar-refractivity contribution in [3.8, 4) is 0 Å². The zero-order valence-corrected chi connectivity index (χ0v) is 13.9. The van der Waals surface area contributed by atoms with Gasteiger partial charge in [-0.05, 0) is 12.1 Å². The second-order valence-electron chi connectivity index (χ2n) is 5.07. The Morgan fingerprint density at radius 2 is 1.89 bits per heavy atom. The number of hydrogen-bond acceptors (Lipinski definition) is 9. The van der Waals surface area contributed by atoms with Crippen LogP contribution in [0.5, 0.6) is 0 Å². The molecular weight excluding hydrogens is 356 g/mol. The van der Waals surface area contributed by atoms with Crippen LogP contribution in [0.3, 0.4) is 0 Å². The number of imide groups is 1. The highest BCUT2D eigenvalue weighted by molar-refractivity contribution is 6.00. The van der Waals surface area contributed by atoms with Crippen LogP contribution in [0.2, 0.25) is 0 Å². The van der Waals surface area contributed by atoms with E-state index in [2.05, 4.69) is 24.9 Å². The number of carbonyl (C=O) groups is 3. The summed E-state index contributed by atoms with van der Waals surface area (Å²) < 4.78 is 0. The van der Waals surface area contributed by atoms with Crippen molar-refractivity contribution in [2.75, 3.05) is 5.73 Å². The number of nitrogen functional groups attached to an aromatic ring is 1. The van der Waals surface area contributed by atoms with Crippen molar-refractivity contribution in [1.82, 2.24) is 30.0 Å². The minimum Gasteiger partial charge on any atom is -0.382 e. The molecular formula is C15H16N8O4. The first kappa shape index (κ1) is 19.4. The number of hydroxylamine groups is 2. The maximum absolute atomic E-state index is 10.4. The van der Waals surface area contributed by atoms with Crippen molar-refractivity contribution in [1.29, 1.82) is 0 Å². The van der Waals surface area contributed by atoms with Gasteiger partial charge in [0.15, 0.2) is 11.5 Å². The van der Waals surface area contributed by atoms with Gasteiger partial charge in [0, 0.05) is 25.2 Å². The normalized spacial score (nSPS) is 12.9. The molecule has 1 saturated heterocycles. The number of anilines is 1. The molecule has 0 unspecified atom stereocenters. The first-order valence-corrected chi connectivity index (χ1v) is 7.54. The lowest BCUT2D eigenvalue weighted by molar-refractivity contribution is -0.171. The van der Waals surface area contributed by atoms with Crippen molar-refractivity contribution in [3.63, 3.8) is 0 Å². The standard InChI is InChI=1S/C6H6N2O.C5H5N5.C4H5NO3/c7-6(9)5-2-1-3-8-4-5;6-4-3-5(9-1-7-3)10-2-8-4;6-3-1-2-4(7)5(3)8/h1-4H,(H2,7,9);1-2H,(H3,6,7,8,9,10);8H,1-2H2. The monoisotopic (exact) mass is 372 g/mol. The van der Waals surface area contributed by atoms with Gasteiger partial charge < -0.3 is 16.5 Å². The third-order valence-electron chi connectivity index (χ3n) is 3.22. The van der Waals surface area contributed by atoms with Crippen molar-refractivity contribution in [2.24, 2.45) is 5.73 Å². The Morgan fingerprint density at radius 3 is 2.33 bits per heavy atom. The Kier molecular flexibility index (Phi) is 6.44. The minimum absolute atomic E-state index is 0.148. The molecule has 1 fully saturated rings. The fraction of sp³-hybridized carbons (Fsp3) is 0.133. The number of aromatic nitrogens is 5. The molecule has 0 bridgehead atoms. The number of pyridine rings is 1. The SMILES string of the molecule is NC(=O)c1cccnc1.Nc1ncnc2nc[nH]c12.O=C1CCC(=O)N1O. The van der Waals surface area contributed by atoms with E-state index in [4.69, 9.17) is 16.7 Å². The molecule has 0 atom stereocenters. The number of primary amides is 1. The molecule has 1 aliphatic rings. The molecule has 27 heavy (non-hydrogen) atoms. The van der Waals surface area contributed by atoms with Gasteiger partial charge >= 0.3 is 0 Å². The number of rotatable bonds is 1. The van der Waals surface area contributed by atoms with Gasteiger partial charge in [0.1, 0.15) is 11.8 Å². The van der Waals surface area contributed by atoms with Crippen LogP contribution in [0.25, 0.3) is 11.2 Å². The molecule has 0 radical (unpaired) electrons. The van der Waals surface area contributed by atoms with Crippen LogP contribution < -0.4 is 11.5 Å². The van der Waals surface area contributed by atoms with Crippen LogP contribution in [-0.4, -0.2) is 52.9 Å². The summed E-state index contributed by atoms with van der Waals surface area (Å²) in [4.78, 5) is 48.9. The van der Waals surface area contributed by atoms with E-state index in [0.717, 1.165) is 0 Å². The van der Waals surface area contributed by atoms with Gasteiger partial charge in [0.05, 0.1) is 11.9 Å². The molecule has 3 amide bonds. The van der Waals surface area contributed by atoms with E-state index in [9.17, 15) is 14.4 Å². The third kappa shape index (κ3) is 5.27. The van der Waals surface area contributed by atoms with E-state index in [1.165, 1.54) is 18.9 Å². The molecule has 3 aromatic rings. The quantitative estimate of drug-likeness (QED) is 0.326. The Bertz CT molecular complexity index is 927. The van der Waals surface area contributed by atoms with Gasteiger partial charge in [0.25, 0.3) is 11.8 Å². The van der Waals surface area contributed by atoms with Gasteiger partial charge in [-0.2, -0.15) is 5.06 Å². The molecule has 3 aromatic heterocycles. The highest BCUT2D eigenvalue weighted by Gasteiger charge is 2.26. The molecule has 1 aliphatic heterocycles. The highest BCUT2D eigenvalue weighted by atomic mass is 16.5. The fourth-order valence-electron chi connectivity index (χ4n) is 1.86. The van der Waals surface area contributed by atoms with E-state index in [0.29, 0.717) is 22.5 Å². The molecule has 6 N–H and O–H groups in total. The van der Waals surface area contributed by atoms with Gasteiger partial charge in [-0.25, -0.2) is 15.0 Å². The number of carbonyl (C=O) groups excluding carboxylic acids is 3. The predicted molar refractivity (Wildman–Crippen MR) is 91.7 cm³/mol. The molecule has 0 aromatic carbocycles. The Labute approximate surface area is 152 Å². The number of imidazole rings is 1. The van der Waals surface area contributed by atoms with E-state index >= 15 is 0 Å². The smallest absolute Gasteiger partial charge is 0.253 e. The number of amides is 3. The topological polar surface area (TPSA) is 194 Å². The molecule has 12 heteroatoms. The van der Waals surface area contributed by atoms with Crippen LogP contribution in [0, 0.1) is 0 Å². The molecule has 0 saturated carbocycles. The van der Waals surface area contributed by atoms with Crippen molar-refractivity contribution in [3.05, 3.63) is 42.7 Å². The number of H-pyrrole nitrogens is 1. The molecule has 12 nitrogen and oxygen atoms in total. The Morgan fingerprint density at radius 1 is 1.19 bits per heavy atom. The summed E-state index contributed by atoms with van der Waals surface area (Å²) >= 11 is 0. The summed E-state index contributed by atoms with van der Waals surface area (Å²) in [6, 6.07) is 3.29. The fourth-order valence-corrected chi connectivity index (χ4v) is 1.86. The summed E-state index contributed by atoms with van der Waals surface area (Å²) in [5, 5.41) is 8.57. The lowest BCUT2D eigenvalue weighted by atomic mass is 10.3. The number of nitrogens with zero attached hydrogens (tertiary/aromatic N) is 5. The van der Waals surface area contributed by atoms with Crippen LogP contribution in [0.15, 0.2) is 37.2 Å². The molecule has 4 rings (SSSR count). The number of hydrogen-bond donors (Lipinski definition) is 4. The van der Waals surface area contributed by atoms with Crippen LogP contribution >= 0.6 is 0 Å². The largest absolute Gasteiger partial charge is 0.382 e. The van der Waals surface area contributed by atoms with Gasteiger partial charge in [-0.3, -0.25) is 24.6 Å². The second kappa shape index (κ2) is 8.96. The van der Waals surface area contributed by atoms with Crippen molar-refractivity contribution < 1.29 is 19.6 Å². The summed E-state index contributed by atoms with van der Waals surface area (Å²) in [6.07, 6.45) is 6.24. The zero-order chi connectivity index (χ0) is 19.8. The van der Waals surface area contributed by atoms with E-state index < -0.39 is 17.7 Å². The van der Waals surface area contributed by atoms with Crippen LogP contribution in [0.4, 0.5) is 5.82 Å². The molecule has 0 aliphatic carbocycles. The summed E-state index contributed by atoms with van der Waals surface area (Å²) in [7, 11) is 0. The lowest BCUT2D eigenvalue weighted by Crippen LogP contribution is -2.24. The Balaban J connectivity index is 0.000000146. The van der Waals surface area contributed by atoms with E-state index in [-0.39, 0.29) is 17.9 Å². The van der Waals surface area contributed by atoms with Crippen molar-refractivity contribution in [2.45, 2.75) is 12.8 Å². The summed E-state index contributed by atoms with van der Waals surface area (Å²) in [5.41, 5.74) is 12.2. The minimum atomic E-state index is -0.505. The number of aromatic amines is 1. The van der Waals surface area contributed by atoms with Crippen LogP contribution in [0.1, 0.15) is 23.2 Å². The average molecular weight is 372 g/mol. The maximum Gasteiger partial charge on any atom is 0.253 e. The molecule has 0 spiro atoms. The van der Waals surface area contributed by atoms with Gasteiger partial charge in [-0.15, -0.1) is 0 Å². The molecule has 140 valence electrons. The highest BCUT2D eigenvalue weighted by Crippen LogP contribution is 2.09. The summed E-state index contributed by atoms with van der Waals surface area (Å²) in [6.45, 7) is 0.